The molecule has 1 heterocycles. The Morgan fingerprint density at radius 2 is 2.04 bits per heavy atom. The van der Waals surface area contributed by atoms with Gasteiger partial charge in [-0.15, -0.1) is 0 Å². The Morgan fingerprint density at radius 1 is 1.28 bits per heavy atom. The summed E-state index contributed by atoms with van der Waals surface area (Å²) in [6, 6.07) is 0. The summed E-state index contributed by atoms with van der Waals surface area (Å²) >= 11 is 0. The molecular weight excluding hydrogens is 324 g/mol. The van der Waals surface area contributed by atoms with E-state index in [0.29, 0.717) is 19.0 Å². The molecule has 0 aliphatic heterocycles. The van der Waals surface area contributed by atoms with Crippen molar-refractivity contribution in [1.82, 2.24) is 9.88 Å². The largest absolute Gasteiger partial charge is 0.464 e. The van der Waals surface area contributed by atoms with Crippen molar-refractivity contribution in [2.75, 3.05) is 27.4 Å². The molecule has 0 spiro atoms. The number of nitrogens with zero attached hydrogens (tertiary/aromatic N) is 2. The fourth-order valence-corrected chi connectivity index (χ4v) is 2.62. The molecule has 0 unspecified atom stereocenters. The molecule has 7 nitrogen and oxygen atoms in total. The Morgan fingerprint density at radius 3 is 2.64 bits per heavy atom. The monoisotopic (exact) mass is 354 g/mol. The number of carbonyl (C=O) groups excluding carboxylic acids is 2. The average molecular weight is 354 g/mol. The van der Waals surface area contributed by atoms with Gasteiger partial charge in [0.2, 0.25) is 11.8 Å². The molecule has 0 saturated heterocycles. The summed E-state index contributed by atoms with van der Waals surface area (Å²) in [6.45, 7) is 5.53. The predicted octanol–water partition coefficient (Wildman–Crippen LogP) is 3.04. The second-order valence-corrected chi connectivity index (χ2v) is 5.97. The Kier molecular flexibility index (Phi) is 9.84. The van der Waals surface area contributed by atoms with E-state index in [1.165, 1.54) is 13.4 Å². The summed E-state index contributed by atoms with van der Waals surface area (Å²) in [4.78, 5) is 30.2. The number of unbranched alkanes of at least 4 members (excludes halogenated alkanes) is 1. The standard InChI is InChI=1S/C18H30N2O5/c1-5-7-9-14(6-2)17(21)20(10-8-11-23-3)12-16-19-15(13-25-16)18(22)24-4/h13-14H,5-12H2,1-4H3/t14-/m1/s1. The zero-order chi connectivity index (χ0) is 18.7. The van der Waals surface area contributed by atoms with Crippen LogP contribution in [0.1, 0.15) is 62.3 Å². The molecule has 1 rings (SSSR count). The van der Waals surface area contributed by atoms with Gasteiger partial charge in [0.25, 0.3) is 0 Å². The highest BCUT2D eigenvalue weighted by molar-refractivity contribution is 5.86. The van der Waals surface area contributed by atoms with Gasteiger partial charge in [0.15, 0.2) is 5.69 Å². The van der Waals surface area contributed by atoms with Crippen molar-refractivity contribution in [3.8, 4) is 0 Å². The van der Waals surface area contributed by atoms with Gasteiger partial charge in [-0.1, -0.05) is 26.7 Å². The quantitative estimate of drug-likeness (QED) is 0.424. The number of rotatable bonds is 12. The third-order valence-electron chi connectivity index (χ3n) is 4.11. The summed E-state index contributed by atoms with van der Waals surface area (Å²) < 4.78 is 15.0. The van der Waals surface area contributed by atoms with Crippen molar-refractivity contribution in [1.29, 1.82) is 0 Å². The maximum atomic E-state index is 12.9. The Balaban J connectivity index is 2.82. The van der Waals surface area contributed by atoms with Crippen LogP contribution in [0.2, 0.25) is 0 Å². The third-order valence-corrected chi connectivity index (χ3v) is 4.11. The number of methoxy groups -OCH3 is 2. The number of esters is 1. The molecule has 0 aliphatic carbocycles. The first-order chi connectivity index (χ1) is 12.1. The van der Waals surface area contributed by atoms with Crippen LogP contribution < -0.4 is 0 Å². The highest BCUT2D eigenvalue weighted by Crippen LogP contribution is 2.18. The van der Waals surface area contributed by atoms with Crippen LogP contribution in [-0.2, 0) is 20.8 Å². The van der Waals surface area contributed by atoms with Gasteiger partial charge >= 0.3 is 5.97 Å². The summed E-state index contributed by atoms with van der Waals surface area (Å²) in [5, 5.41) is 0. The second kappa shape index (κ2) is 11.6. The van der Waals surface area contributed by atoms with Gasteiger partial charge in [0, 0.05) is 26.2 Å². The molecule has 1 aromatic heterocycles. The molecule has 0 aromatic carbocycles. The van der Waals surface area contributed by atoms with Crippen LogP contribution in [0.15, 0.2) is 10.7 Å². The van der Waals surface area contributed by atoms with Crippen LogP contribution >= 0.6 is 0 Å². The van der Waals surface area contributed by atoms with Crippen molar-refractivity contribution in [3.05, 3.63) is 17.8 Å². The van der Waals surface area contributed by atoms with E-state index in [4.69, 9.17) is 9.15 Å². The minimum atomic E-state index is -0.554. The van der Waals surface area contributed by atoms with Gasteiger partial charge in [-0.05, 0) is 19.3 Å². The number of amides is 1. The zero-order valence-corrected chi connectivity index (χ0v) is 15.7. The molecule has 0 saturated carbocycles. The topological polar surface area (TPSA) is 81.9 Å². The smallest absolute Gasteiger partial charge is 0.360 e. The van der Waals surface area contributed by atoms with Gasteiger partial charge in [-0.3, -0.25) is 4.79 Å². The fourth-order valence-electron chi connectivity index (χ4n) is 2.62. The van der Waals surface area contributed by atoms with E-state index in [-0.39, 0.29) is 24.1 Å². The summed E-state index contributed by atoms with van der Waals surface area (Å²) in [5.74, 6) is -0.124. The molecule has 142 valence electrons. The van der Waals surface area contributed by atoms with E-state index >= 15 is 0 Å². The lowest BCUT2D eigenvalue weighted by Gasteiger charge is -2.26. The van der Waals surface area contributed by atoms with Crippen molar-refractivity contribution in [2.45, 2.75) is 52.5 Å². The van der Waals surface area contributed by atoms with Crippen LogP contribution in [0, 0.1) is 5.92 Å². The molecule has 0 N–H and O–H groups in total. The zero-order valence-electron chi connectivity index (χ0n) is 15.7. The molecule has 0 bridgehead atoms. The van der Waals surface area contributed by atoms with Gasteiger partial charge in [0.1, 0.15) is 6.26 Å². The SMILES string of the molecule is CCCC[C@@H](CC)C(=O)N(CCCOC)Cc1nc(C(=O)OC)co1. The molecule has 1 atom stereocenters. The van der Waals surface area contributed by atoms with Gasteiger partial charge in [0.05, 0.1) is 13.7 Å². The van der Waals surface area contributed by atoms with Crippen molar-refractivity contribution < 1.29 is 23.5 Å². The van der Waals surface area contributed by atoms with E-state index < -0.39 is 5.97 Å². The van der Waals surface area contributed by atoms with Gasteiger partial charge in [-0.25, -0.2) is 9.78 Å². The molecule has 1 aromatic rings. The van der Waals surface area contributed by atoms with Crippen molar-refractivity contribution >= 4 is 11.9 Å². The maximum absolute atomic E-state index is 12.9. The molecule has 1 amide bonds. The summed E-state index contributed by atoms with van der Waals surface area (Å²) in [5.41, 5.74) is 0.111. The first-order valence-corrected chi connectivity index (χ1v) is 8.87. The van der Waals surface area contributed by atoms with Crippen LogP contribution in [-0.4, -0.2) is 49.1 Å². The lowest BCUT2D eigenvalue weighted by Crippen LogP contribution is -2.37. The van der Waals surface area contributed by atoms with E-state index in [1.807, 2.05) is 6.92 Å². The van der Waals surface area contributed by atoms with E-state index in [9.17, 15) is 9.59 Å². The Labute approximate surface area is 149 Å². The van der Waals surface area contributed by atoms with Crippen molar-refractivity contribution in [3.63, 3.8) is 0 Å². The molecule has 0 aliphatic rings. The minimum absolute atomic E-state index is 0.00228. The normalized spacial score (nSPS) is 12.0. The number of aromatic nitrogens is 1. The number of hydrogen-bond acceptors (Lipinski definition) is 6. The molecule has 7 heteroatoms. The lowest BCUT2D eigenvalue weighted by molar-refractivity contribution is -0.137. The van der Waals surface area contributed by atoms with E-state index in [0.717, 1.165) is 32.1 Å². The minimum Gasteiger partial charge on any atom is -0.464 e. The van der Waals surface area contributed by atoms with Crippen LogP contribution in [0.25, 0.3) is 0 Å². The number of ether oxygens (including phenoxy) is 2. The fraction of sp³-hybridized carbons (Fsp3) is 0.722. The highest BCUT2D eigenvalue weighted by atomic mass is 16.5. The molecule has 0 radical (unpaired) electrons. The summed E-state index contributed by atoms with van der Waals surface area (Å²) in [6.07, 6.45) is 5.77. The maximum Gasteiger partial charge on any atom is 0.360 e. The van der Waals surface area contributed by atoms with E-state index in [1.54, 1.807) is 12.0 Å². The predicted molar refractivity (Wildman–Crippen MR) is 93.1 cm³/mol. The molecule has 0 fully saturated rings. The second-order valence-electron chi connectivity index (χ2n) is 5.97. The Bertz CT molecular complexity index is 529. The van der Waals surface area contributed by atoms with E-state index in [2.05, 4.69) is 16.6 Å². The van der Waals surface area contributed by atoms with Crippen LogP contribution in [0.3, 0.4) is 0 Å². The first-order valence-electron chi connectivity index (χ1n) is 8.87. The van der Waals surface area contributed by atoms with Crippen LogP contribution in [0.4, 0.5) is 0 Å². The average Bonchev–Trinajstić information content (AvgIpc) is 3.09. The lowest BCUT2D eigenvalue weighted by atomic mass is 9.97. The third kappa shape index (κ3) is 6.86. The number of carbonyl (C=O) groups is 2. The van der Waals surface area contributed by atoms with Gasteiger partial charge in [-0.2, -0.15) is 0 Å². The molecular formula is C18H30N2O5. The first kappa shape index (κ1) is 21.2. The van der Waals surface area contributed by atoms with Crippen molar-refractivity contribution in [2.24, 2.45) is 5.92 Å². The molecule has 25 heavy (non-hydrogen) atoms. The Hall–Kier alpha value is -1.89. The van der Waals surface area contributed by atoms with Gasteiger partial charge < -0.3 is 18.8 Å². The highest BCUT2D eigenvalue weighted by Gasteiger charge is 2.24. The number of oxazole rings is 1. The number of hydrogen-bond donors (Lipinski definition) is 0. The summed E-state index contributed by atoms with van der Waals surface area (Å²) in [7, 11) is 2.93. The van der Waals surface area contributed by atoms with Crippen LogP contribution in [0.5, 0.6) is 0 Å².